The summed E-state index contributed by atoms with van der Waals surface area (Å²) < 4.78 is 0. The zero-order valence-electron chi connectivity index (χ0n) is 3.06. The predicted molar refractivity (Wildman–Crippen MR) is 25.2 cm³/mol. The van der Waals surface area contributed by atoms with E-state index in [1.807, 2.05) is 0 Å². The van der Waals surface area contributed by atoms with Crippen LogP contribution in [0.15, 0.2) is 4.90 Å². The Morgan fingerprint density at radius 2 is 2.60 bits per heavy atom. The molecule has 0 saturated heterocycles. The lowest BCUT2D eigenvalue weighted by Gasteiger charge is -1.53. The molecule has 0 heterocycles. The van der Waals surface area contributed by atoms with E-state index >= 15 is 0 Å². The molecule has 0 aliphatic rings. The highest BCUT2D eigenvalue weighted by molar-refractivity contribution is 6.88. The van der Waals surface area contributed by atoms with Crippen LogP contribution in [0.2, 0.25) is 0 Å². The van der Waals surface area contributed by atoms with Gasteiger partial charge in [-0.3, -0.25) is 4.90 Å². The van der Waals surface area contributed by atoms with Crippen LogP contribution in [0.4, 0.5) is 0 Å². The maximum Gasteiger partial charge on any atom is 0.256 e. The molecule has 0 rings (SSSR count). The normalized spacial score (nSPS) is 5.60. The third-order valence-electron chi connectivity index (χ3n) is 0.223. The van der Waals surface area contributed by atoms with Crippen LogP contribution in [-0.4, -0.2) is 23.2 Å². The Balaban J connectivity index is 2.93. The fourth-order valence-electron chi connectivity index (χ4n) is 0.0645. The van der Waals surface area contributed by atoms with Crippen molar-refractivity contribution < 1.29 is 4.79 Å². The highest BCUT2D eigenvalue weighted by Gasteiger charge is 1.59. The van der Waals surface area contributed by atoms with Gasteiger partial charge in [0.15, 0.2) is 0 Å². The molecule has 4 heteroatoms. The van der Waals surface area contributed by atoms with Crippen LogP contribution in [0.25, 0.3) is 0 Å². The van der Waals surface area contributed by atoms with Crippen molar-refractivity contribution in [2.24, 2.45) is 4.90 Å². The summed E-state index contributed by atoms with van der Waals surface area (Å²) in [6.07, 6.45) is 1.43. The van der Waals surface area contributed by atoms with Crippen molar-refractivity contribution in [1.29, 1.82) is 0 Å². The second kappa shape index (κ2) is 3.66. The lowest BCUT2D eigenvalue weighted by atomic mass is 10.4. The lowest BCUT2D eigenvalue weighted by Crippen LogP contribution is -1.76. The van der Waals surface area contributed by atoms with Crippen LogP contribution in [0, 0.1) is 0 Å². The van der Waals surface area contributed by atoms with Crippen molar-refractivity contribution in [1.82, 2.24) is 0 Å². The highest BCUT2D eigenvalue weighted by Crippen LogP contribution is 1.39. The van der Waals surface area contributed by atoms with E-state index in [2.05, 4.69) is 4.90 Å². The maximum atomic E-state index is 9.14. The molecule has 0 aliphatic carbocycles. The van der Waals surface area contributed by atoms with Gasteiger partial charge in [0.2, 0.25) is 6.08 Å². The van der Waals surface area contributed by atoms with E-state index in [0.717, 1.165) is 10.1 Å². The van der Waals surface area contributed by atoms with E-state index in [9.17, 15) is 0 Å². The van der Waals surface area contributed by atoms with Crippen molar-refractivity contribution in [3.05, 3.63) is 0 Å². The second-order valence-electron chi connectivity index (χ2n) is 0.566. The van der Waals surface area contributed by atoms with E-state index in [1.165, 1.54) is 6.08 Å². The Morgan fingerprint density at radius 1 is 2.00 bits per heavy atom. The predicted octanol–water partition coefficient (Wildman–Crippen LogP) is -2.05. The molecule has 0 bridgehead atoms. The second-order valence-corrected chi connectivity index (χ2v) is 1.20. The molecule has 0 aliphatic heterocycles. The van der Waals surface area contributed by atoms with Crippen LogP contribution < -0.4 is 0 Å². The highest BCUT2D eigenvalue weighted by atomic mass is 28.1. The molecule has 0 aromatic heterocycles. The van der Waals surface area contributed by atoms with E-state index in [1.54, 1.807) is 0 Å². The number of nitrogens with zero attached hydrogens (tertiary/aromatic N) is 1. The molecule has 0 atom stereocenters. The molecule has 5 heavy (non-hydrogen) atoms. The quantitative estimate of drug-likeness (QED) is 0.205. The van der Waals surface area contributed by atoms with Crippen LogP contribution in [0.1, 0.15) is 0 Å². The minimum Gasteiger partial charge on any atom is -0.278 e. The number of isocyanates is 1. The van der Waals surface area contributed by atoms with Crippen LogP contribution >= 0.6 is 0 Å². The molecular formula is CH4BNOSi. The van der Waals surface area contributed by atoms with Crippen molar-refractivity contribution in [2.45, 2.75) is 0 Å². The topological polar surface area (TPSA) is 29.4 Å². The molecule has 2 nitrogen and oxygen atoms in total. The standard InChI is InChI=1S/CH4BNOSi/c4-1-3-2-5/h2H,5H3. The number of rotatable bonds is 1. The summed E-state index contributed by atoms with van der Waals surface area (Å²) in [6.45, 7) is 0. The fourth-order valence-corrected chi connectivity index (χ4v) is 0.194. The van der Waals surface area contributed by atoms with Gasteiger partial charge >= 0.3 is 0 Å². The summed E-state index contributed by atoms with van der Waals surface area (Å²) in [5.41, 5.74) is 0. The smallest absolute Gasteiger partial charge is 0.256 e. The van der Waals surface area contributed by atoms with Gasteiger partial charge in [-0.2, -0.15) is 0 Å². The summed E-state index contributed by atoms with van der Waals surface area (Å²) in [7, 11) is 1.65. The first kappa shape index (κ1) is 4.66. The molecule has 0 aromatic carbocycles. The number of hydrogen-bond donors (Lipinski definition) is 0. The number of hydrogen-bond acceptors (Lipinski definition) is 2. The van der Waals surface area contributed by atoms with Gasteiger partial charge in [-0.1, -0.05) is 0 Å². The molecule has 0 aromatic rings. The molecule has 0 unspecified atom stereocenters. The Labute approximate surface area is 33.9 Å². The first-order valence-corrected chi connectivity index (χ1v) is 2.87. The van der Waals surface area contributed by atoms with Crippen molar-refractivity contribution >= 4 is 23.2 Å². The van der Waals surface area contributed by atoms with Gasteiger partial charge in [-0.15, -0.1) is 0 Å². The molecule has 0 amide bonds. The van der Waals surface area contributed by atoms with Crippen LogP contribution in [0.3, 0.4) is 0 Å². The average Bonchev–Trinajstić information content (AvgIpc) is 1.41. The molecule has 26 valence electrons. The van der Waals surface area contributed by atoms with Gasteiger partial charge in [0.05, 0.1) is 0 Å². The molecular weight excluding hydrogens is 80.9 g/mol. The lowest BCUT2D eigenvalue weighted by molar-refractivity contribution is 0.566. The van der Waals surface area contributed by atoms with E-state index in [0.29, 0.717) is 7.01 Å². The molecule has 0 N–H and O–H groups in total. The molecule has 0 fully saturated rings. The Morgan fingerprint density at radius 3 is 2.60 bits per heavy atom. The largest absolute Gasteiger partial charge is 0.278 e. The van der Waals surface area contributed by atoms with E-state index in [-0.39, 0.29) is 0 Å². The van der Waals surface area contributed by atoms with Gasteiger partial charge < -0.3 is 0 Å². The van der Waals surface area contributed by atoms with Gasteiger partial charge in [-0.05, 0) is 0 Å². The summed E-state index contributed by atoms with van der Waals surface area (Å²) >= 11 is 0. The Bertz CT molecular complexity index is 58.7. The monoisotopic (exact) mass is 85.0 g/mol. The zero-order chi connectivity index (χ0) is 4.12. The fraction of sp³-hybridized carbons (Fsp3) is 0. The first-order valence-electron chi connectivity index (χ1n) is 1.45. The van der Waals surface area contributed by atoms with Gasteiger partial charge in [0.1, 0.15) is 0 Å². The van der Waals surface area contributed by atoms with Gasteiger partial charge in [-0.25, -0.2) is 4.79 Å². The SMILES string of the molecule is O=C=NB[SiH3]. The minimum atomic E-state index is 0.684. The van der Waals surface area contributed by atoms with Gasteiger partial charge in [0, 0.05) is 10.1 Å². The maximum absolute atomic E-state index is 9.14. The molecule has 0 radical (unpaired) electrons. The molecule has 0 spiro atoms. The van der Waals surface area contributed by atoms with Crippen LogP contribution in [0.5, 0.6) is 0 Å². The third kappa shape index (κ3) is 3.66. The van der Waals surface area contributed by atoms with Crippen LogP contribution in [-0.2, 0) is 4.79 Å². The zero-order valence-corrected chi connectivity index (χ0v) is 5.06. The average molecular weight is 84.9 g/mol. The van der Waals surface area contributed by atoms with E-state index < -0.39 is 0 Å². The van der Waals surface area contributed by atoms with E-state index in [4.69, 9.17) is 4.79 Å². The van der Waals surface area contributed by atoms with Crippen molar-refractivity contribution in [3.63, 3.8) is 0 Å². The minimum absolute atomic E-state index is 0.684. The van der Waals surface area contributed by atoms with Crippen molar-refractivity contribution in [3.8, 4) is 0 Å². The van der Waals surface area contributed by atoms with Crippen molar-refractivity contribution in [2.75, 3.05) is 0 Å². The summed E-state index contributed by atoms with van der Waals surface area (Å²) in [4.78, 5) is 12.4. The summed E-state index contributed by atoms with van der Waals surface area (Å²) in [5.74, 6) is 0. The third-order valence-corrected chi connectivity index (χ3v) is 0.539. The van der Waals surface area contributed by atoms with Gasteiger partial charge in [0.25, 0.3) is 7.01 Å². The Kier molecular flexibility index (Phi) is 3.41. The molecule has 0 saturated carbocycles. The number of carbonyl (C=O) groups excluding carboxylic acids is 1. The summed E-state index contributed by atoms with van der Waals surface area (Å²) in [5, 5.41) is 0. The summed E-state index contributed by atoms with van der Waals surface area (Å²) in [6, 6.07) is 0. The first-order chi connectivity index (χ1) is 2.41. The Hall–Kier alpha value is -0.338.